The number of ether oxygens (including phenoxy) is 1. The number of benzene rings is 1. The van der Waals surface area contributed by atoms with Gasteiger partial charge >= 0.3 is 6.61 Å². The predicted molar refractivity (Wildman–Crippen MR) is 82.7 cm³/mol. The van der Waals surface area contributed by atoms with E-state index >= 15 is 0 Å². The zero-order chi connectivity index (χ0) is 16.2. The van der Waals surface area contributed by atoms with Crippen LogP contribution in [-0.2, 0) is 0 Å². The minimum atomic E-state index is -2.85. The van der Waals surface area contributed by atoms with Gasteiger partial charge in [0.25, 0.3) is 5.91 Å². The molecule has 1 atom stereocenters. The quantitative estimate of drug-likeness (QED) is 0.926. The maximum atomic E-state index is 12.5. The van der Waals surface area contributed by atoms with Crippen LogP contribution in [0.1, 0.15) is 36.0 Å². The highest BCUT2D eigenvalue weighted by atomic mass is 19.3. The van der Waals surface area contributed by atoms with Crippen molar-refractivity contribution in [2.45, 2.75) is 38.3 Å². The summed E-state index contributed by atoms with van der Waals surface area (Å²) in [6, 6.07) is 6.52. The van der Waals surface area contributed by atoms with Gasteiger partial charge in [0.15, 0.2) is 0 Å². The Kier molecular flexibility index (Phi) is 5.10. The minimum absolute atomic E-state index is 0.0357. The van der Waals surface area contributed by atoms with Gasteiger partial charge in [-0.15, -0.1) is 0 Å². The third-order valence-electron chi connectivity index (χ3n) is 4.82. The lowest BCUT2D eigenvalue weighted by atomic mass is 9.88. The van der Waals surface area contributed by atoms with Gasteiger partial charge in [0.05, 0.1) is 0 Å². The molecule has 0 saturated carbocycles. The molecule has 126 valence electrons. The highest BCUT2D eigenvalue weighted by molar-refractivity contribution is 5.94. The number of amides is 1. The Bertz CT molecular complexity index is 522. The zero-order valence-electron chi connectivity index (χ0n) is 13.0. The first-order valence-corrected chi connectivity index (χ1v) is 8.21. The Morgan fingerprint density at radius 1 is 1.17 bits per heavy atom. The molecule has 2 fully saturated rings. The van der Waals surface area contributed by atoms with E-state index in [4.69, 9.17) is 0 Å². The summed E-state index contributed by atoms with van der Waals surface area (Å²) < 4.78 is 28.6. The first kappa shape index (κ1) is 16.2. The van der Waals surface area contributed by atoms with Crippen LogP contribution in [0, 0.1) is 5.92 Å². The van der Waals surface area contributed by atoms with Gasteiger partial charge in [-0.25, -0.2) is 0 Å². The second-order valence-electron chi connectivity index (χ2n) is 6.24. The summed E-state index contributed by atoms with van der Waals surface area (Å²) in [6.45, 7) is -0.218. The molecule has 2 aliphatic heterocycles. The zero-order valence-corrected chi connectivity index (χ0v) is 13.0. The number of piperidine rings is 1. The van der Waals surface area contributed by atoms with Crippen molar-refractivity contribution in [1.29, 1.82) is 0 Å². The molecule has 2 heterocycles. The topological polar surface area (TPSA) is 41.6 Å². The van der Waals surface area contributed by atoms with Gasteiger partial charge < -0.3 is 15.0 Å². The summed E-state index contributed by atoms with van der Waals surface area (Å²) in [5.74, 6) is 0.692. The van der Waals surface area contributed by atoms with Crippen LogP contribution in [0.25, 0.3) is 0 Å². The molecule has 0 radical (unpaired) electrons. The fourth-order valence-corrected chi connectivity index (χ4v) is 3.58. The maximum Gasteiger partial charge on any atom is 0.387 e. The second-order valence-corrected chi connectivity index (χ2v) is 6.24. The van der Waals surface area contributed by atoms with Gasteiger partial charge in [-0.1, -0.05) is 0 Å². The minimum Gasteiger partial charge on any atom is -0.435 e. The van der Waals surface area contributed by atoms with Crippen LogP contribution < -0.4 is 10.1 Å². The molecule has 1 unspecified atom stereocenters. The lowest BCUT2D eigenvalue weighted by Gasteiger charge is -2.35. The summed E-state index contributed by atoms with van der Waals surface area (Å²) in [5.41, 5.74) is 0.518. The molecular formula is C17H22F2N2O2. The van der Waals surface area contributed by atoms with Crippen molar-refractivity contribution < 1.29 is 18.3 Å². The fraction of sp³-hybridized carbons (Fsp3) is 0.588. The highest BCUT2D eigenvalue weighted by Crippen LogP contribution is 2.26. The number of halogens is 2. The van der Waals surface area contributed by atoms with Crippen molar-refractivity contribution >= 4 is 5.91 Å². The molecule has 1 aromatic rings. The summed E-state index contributed by atoms with van der Waals surface area (Å²) in [4.78, 5) is 14.3. The van der Waals surface area contributed by atoms with Gasteiger partial charge in [-0.05, 0) is 62.4 Å². The van der Waals surface area contributed by atoms with Crippen LogP contribution >= 0.6 is 0 Å². The van der Waals surface area contributed by atoms with E-state index in [1.807, 2.05) is 4.90 Å². The molecule has 0 aliphatic carbocycles. The Hall–Kier alpha value is -1.69. The highest BCUT2D eigenvalue weighted by Gasteiger charge is 2.30. The number of nitrogens with one attached hydrogen (secondary N) is 1. The predicted octanol–water partition coefficient (Wildman–Crippen LogP) is 2.89. The monoisotopic (exact) mass is 324 g/mol. The van der Waals surface area contributed by atoms with Gasteiger partial charge in [0.2, 0.25) is 0 Å². The maximum absolute atomic E-state index is 12.5. The summed E-state index contributed by atoms with van der Waals surface area (Å²) in [6.07, 6.45) is 4.53. The lowest BCUT2D eigenvalue weighted by molar-refractivity contribution is -0.0498. The van der Waals surface area contributed by atoms with Gasteiger partial charge in [-0.3, -0.25) is 4.79 Å². The number of likely N-dealkylation sites (tertiary alicyclic amines) is 1. The van der Waals surface area contributed by atoms with E-state index in [0.717, 1.165) is 32.5 Å². The average Bonchev–Trinajstić information content (AvgIpc) is 3.09. The number of carbonyl (C=O) groups excluding carboxylic acids is 1. The summed E-state index contributed by atoms with van der Waals surface area (Å²) in [5, 5.41) is 3.55. The molecule has 0 spiro atoms. The standard InChI is InChI=1S/C17H22F2N2O2/c18-17(19)23-14-5-3-13(4-6-14)16(22)21-10-7-12(8-11-21)15-2-1-9-20-15/h3-6,12,15,17,20H,1-2,7-11H2. The fourth-order valence-electron chi connectivity index (χ4n) is 3.58. The summed E-state index contributed by atoms with van der Waals surface area (Å²) in [7, 11) is 0. The molecular weight excluding hydrogens is 302 g/mol. The number of nitrogens with zero attached hydrogens (tertiary/aromatic N) is 1. The van der Waals surface area contributed by atoms with Crippen molar-refractivity contribution in [3.63, 3.8) is 0 Å². The van der Waals surface area contributed by atoms with E-state index in [-0.39, 0.29) is 11.7 Å². The van der Waals surface area contributed by atoms with Crippen molar-refractivity contribution in [3.8, 4) is 5.75 Å². The van der Waals surface area contributed by atoms with Gasteiger partial charge in [-0.2, -0.15) is 8.78 Å². The number of hydrogen-bond donors (Lipinski definition) is 1. The van der Waals surface area contributed by atoms with Crippen molar-refractivity contribution in [1.82, 2.24) is 10.2 Å². The number of alkyl halides is 2. The summed E-state index contributed by atoms with van der Waals surface area (Å²) >= 11 is 0. The molecule has 6 heteroatoms. The smallest absolute Gasteiger partial charge is 0.387 e. The van der Waals surface area contributed by atoms with Crippen LogP contribution in [0.15, 0.2) is 24.3 Å². The molecule has 2 saturated heterocycles. The molecule has 0 aromatic heterocycles. The Labute approximate surface area is 134 Å². The SMILES string of the molecule is O=C(c1ccc(OC(F)F)cc1)N1CCC(C2CCCN2)CC1. The van der Waals surface area contributed by atoms with E-state index in [2.05, 4.69) is 10.1 Å². The first-order valence-electron chi connectivity index (χ1n) is 8.21. The second kappa shape index (κ2) is 7.25. The number of carbonyl (C=O) groups is 1. The van der Waals surface area contributed by atoms with E-state index in [0.29, 0.717) is 17.5 Å². The van der Waals surface area contributed by atoms with E-state index in [1.165, 1.54) is 25.0 Å². The Morgan fingerprint density at radius 3 is 2.43 bits per heavy atom. The van der Waals surface area contributed by atoms with Gasteiger partial charge in [0.1, 0.15) is 5.75 Å². The average molecular weight is 324 g/mol. The molecule has 23 heavy (non-hydrogen) atoms. The van der Waals surface area contributed by atoms with Gasteiger partial charge in [0, 0.05) is 24.7 Å². The van der Waals surface area contributed by atoms with Crippen LogP contribution in [0.3, 0.4) is 0 Å². The first-order chi connectivity index (χ1) is 11.1. The van der Waals surface area contributed by atoms with Crippen molar-refractivity contribution in [2.24, 2.45) is 5.92 Å². The third kappa shape index (κ3) is 3.99. The lowest BCUT2D eigenvalue weighted by Crippen LogP contribution is -2.43. The molecule has 1 N–H and O–H groups in total. The molecule has 2 aliphatic rings. The normalized spacial score (nSPS) is 22.6. The third-order valence-corrected chi connectivity index (χ3v) is 4.82. The van der Waals surface area contributed by atoms with Crippen LogP contribution in [0.2, 0.25) is 0 Å². The van der Waals surface area contributed by atoms with E-state index in [1.54, 1.807) is 12.1 Å². The van der Waals surface area contributed by atoms with Crippen molar-refractivity contribution in [3.05, 3.63) is 29.8 Å². The van der Waals surface area contributed by atoms with Crippen molar-refractivity contribution in [2.75, 3.05) is 19.6 Å². The molecule has 4 nitrogen and oxygen atoms in total. The van der Waals surface area contributed by atoms with Crippen LogP contribution in [0.5, 0.6) is 5.75 Å². The van der Waals surface area contributed by atoms with E-state index < -0.39 is 6.61 Å². The number of rotatable bonds is 4. The van der Waals surface area contributed by atoms with E-state index in [9.17, 15) is 13.6 Å². The van der Waals surface area contributed by atoms with Crippen LogP contribution in [0.4, 0.5) is 8.78 Å². The van der Waals surface area contributed by atoms with Crippen LogP contribution in [-0.4, -0.2) is 43.1 Å². The largest absolute Gasteiger partial charge is 0.435 e. The number of hydrogen-bond acceptors (Lipinski definition) is 3. The molecule has 3 rings (SSSR count). The Morgan fingerprint density at radius 2 is 1.87 bits per heavy atom. The molecule has 1 aromatic carbocycles. The molecule has 0 bridgehead atoms. The molecule has 1 amide bonds. The Balaban J connectivity index is 1.54.